The summed E-state index contributed by atoms with van der Waals surface area (Å²) in [5.41, 5.74) is 1.79. The minimum Gasteiger partial charge on any atom is -0.480 e. The fraction of sp³-hybridized carbons (Fsp3) is 0.316. The van der Waals surface area contributed by atoms with Gasteiger partial charge in [-0.1, -0.05) is 72.8 Å². The molecular formula is C19H18Cl2N2O3S3. The Hall–Kier alpha value is -1.19. The third-order valence-electron chi connectivity index (χ3n) is 4.40. The molecule has 154 valence electrons. The third-order valence-corrected chi connectivity index (χ3v) is 7.69. The molecule has 1 aromatic carbocycles. The van der Waals surface area contributed by atoms with Gasteiger partial charge in [-0.25, -0.2) is 0 Å². The summed E-state index contributed by atoms with van der Waals surface area (Å²) in [5, 5.41) is 11.0. The Balaban J connectivity index is 2.04. The lowest BCUT2D eigenvalue weighted by atomic mass is 10.0. The maximum atomic E-state index is 12.8. The molecule has 2 aliphatic heterocycles. The Morgan fingerprint density at radius 2 is 1.90 bits per heavy atom. The molecule has 1 fully saturated rings. The Kier molecular flexibility index (Phi) is 6.90. The summed E-state index contributed by atoms with van der Waals surface area (Å²) in [4.78, 5) is 28.6. The monoisotopic (exact) mass is 488 g/mol. The number of halogens is 2. The molecule has 0 radical (unpaired) electrons. The average molecular weight is 489 g/mol. The largest absolute Gasteiger partial charge is 0.480 e. The van der Waals surface area contributed by atoms with Crippen molar-refractivity contribution in [3.05, 3.63) is 43.8 Å². The van der Waals surface area contributed by atoms with Gasteiger partial charge in [0, 0.05) is 11.4 Å². The van der Waals surface area contributed by atoms with E-state index in [-0.39, 0.29) is 16.1 Å². The van der Waals surface area contributed by atoms with Gasteiger partial charge in [-0.05, 0) is 36.6 Å². The highest BCUT2D eigenvalue weighted by molar-refractivity contribution is 8.26. The zero-order valence-electron chi connectivity index (χ0n) is 15.9. The quantitative estimate of drug-likeness (QED) is 0.425. The first-order chi connectivity index (χ1) is 13.6. The number of hydrogen-bond acceptors (Lipinski definition) is 6. The standard InChI is InChI=1S/C19H18Cl2N2O3S3/c1-4-22-13-6-11(20)12(21)7-14(13)28-15(22)5-10(9(2)3)17-18(26)23(8-16(24)25)19(27)29-17/h5-7,9H,4,8H2,1-3H3,(H,24,25)/b15-5-,17-10-. The summed E-state index contributed by atoms with van der Waals surface area (Å²) in [6.45, 7) is 6.30. The van der Waals surface area contributed by atoms with Crippen LogP contribution in [0, 0.1) is 5.92 Å². The second kappa shape index (κ2) is 8.89. The van der Waals surface area contributed by atoms with Gasteiger partial charge >= 0.3 is 5.97 Å². The molecule has 5 nitrogen and oxygen atoms in total. The van der Waals surface area contributed by atoms with Crippen LogP contribution >= 0.6 is 58.9 Å². The highest BCUT2D eigenvalue weighted by atomic mass is 35.5. The van der Waals surface area contributed by atoms with Crippen molar-refractivity contribution in [3.8, 4) is 0 Å². The molecular weight excluding hydrogens is 471 g/mol. The first-order valence-electron chi connectivity index (χ1n) is 8.79. The fourth-order valence-electron chi connectivity index (χ4n) is 3.00. The van der Waals surface area contributed by atoms with E-state index in [2.05, 4.69) is 4.90 Å². The predicted molar refractivity (Wildman–Crippen MR) is 125 cm³/mol. The third kappa shape index (κ3) is 4.46. The maximum absolute atomic E-state index is 12.8. The Labute approximate surface area is 193 Å². The lowest BCUT2D eigenvalue weighted by Crippen LogP contribution is -2.33. The number of carboxylic acids is 1. The number of nitrogens with zero attached hydrogens (tertiary/aromatic N) is 2. The van der Waals surface area contributed by atoms with E-state index in [0.717, 1.165) is 44.4 Å². The number of hydrogen-bond donors (Lipinski definition) is 1. The molecule has 0 saturated carbocycles. The van der Waals surface area contributed by atoms with Crippen molar-refractivity contribution < 1.29 is 14.7 Å². The highest BCUT2D eigenvalue weighted by Crippen LogP contribution is 2.49. The van der Waals surface area contributed by atoms with E-state index in [1.54, 1.807) is 11.8 Å². The van der Waals surface area contributed by atoms with Crippen LogP contribution in [-0.4, -0.2) is 39.3 Å². The molecule has 0 spiro atoms. The number of carbonyl (C=O) groups is 2. The predicted octanol–water partition coefficient (Wildman–Crippen LogP) is 5.62. The molecule has 10 heteroatoms. The molecule has 0 unspecified atom stereocenters. The van der Waals surface area contributed by atoms with Crippen LogP contribution in [0.1, 0.15) is 20.8 Å². The summed E-state index contributed by atoms with van der Waals surface area (Å²) in [7, 11) is 0. The molecule has 0 aliphatic carbocycles. The number of aliphatic carboxylic acids is 1. The summed E-state index contributed by atoms with van der Waals surface area (Å²) in [6, 6.07) is 3.69. The number of anilines is 1. The summed E-state index contributed by atoms with van der Waals surface area (Å²) in [5.74, 6) is -1.42. The van der Waals surface area contributed by atoms with E-state index in [9.17, 15) is 9.59 Å². The van der Waals surface area contributed by atoms with Crippen LogP contribution in [0.25, 0.3) is 0 Å². The summed E-state index contributed by atoms with van der Waals surface area (Å²) in [6.07, 6.45) is 1.98. The highest BCUT2D eigenvalue weighted by Gasteiger charge is 2.36. The van der Waals surface area contributed by atoms with Gasteiger partial charge in [-0.3, -0.25) is 14.5 Å². The van der Waals surface area contributed by atoms with Crippen molar-refractivity contribution in [2.24, 2.45) is 5.92 Å². The molecule has 3 rings (SSSR count). The van der Waals surface area contributed by atoms with Crippen LogP contribution < -0.4 is 4.90 Å². The van der Waals surface area contributed by atoms with Crippen molar-refractivity contribution in [1.82, 2.24) is 4.90 Å². The van der Waals surface area contributed by atoms with E-state index in [1.165, 1.54) is 0 Å². The lowest BCUT2D eigenvalue weighted by molar-refractivity contribution is -0.140. The molecule has 0 bridgehead atoms. The normalized spacial score (nSPS) is 19.6. The smallest absolute Gasteiger partial charge is 0.323 e. The van der Waals surface area contributed by atoms with Crippen LogP contribution in [0.4, 0.5) is 5.69 Å². The number of thiocarbonyl (C=S) groups is 1. The topological polar surface area (TPSA) is 60.9 Å². The lowest BCUT2D eigenvalue weighted by Gasteiger charge is -2.20. The minimum absolute atomic E-state index is 0.0386. The van der Waals surface area contributed by atoms with Gasteiger partial charge in [0.25, 0.3) is 5.91 Å². The number of benzene rings is 1. The van der Waals surface area contributed by atoms with Crippen molar-refractivity contribution in [3.63, 3.8) is 0 Å². The van der Waals surface area contributed by atoms with Gasteiger partial charge in [0.15, 0.2) is 0 Å². The zero-order chi connectivity index (χ0) is 21.5. The van der Waals surface area contributed by atoms with E-state index in [0.29, 0.717) is 15.0 Å². The number of amides is 1. The molecule has 29 heavy (non-hydrogen) atoms. The van der Waals surface area contributed by atoms with Crippen molar-refractivity contribution in [2.45, 2.75) is 25.7 Å². The number of rotatable bonds is 5. The molecule has 2 aliphatic rings. The van der Waals surface area contributed by atoms with E-state index in [4.69, 9.17) is 40.5 Å². The van der Waals surface area contributed by atoms with Crippen molar-refractivity contribution >= 4 is 80.8 Å². The molecule has 1 amide bonds. The summed E-state index contributed by atoms with van der Waals surface area (Å²) < 4.78 is 0.261. The van der Waals surface area contributed by atoms with Crippen molar-refractivity contribution in [2.75, 3.05) is 18.0 Å². The van der Waals surface area contributed by atoms with Crippen LogP contribution in [0.3, 0.4) is 0 Å². The zero-order valence-corrected chi connectivity index (χ0v) is 19.8. The Morgan fingerprint density at radius 1 is 1.24 bits per heavy atom. The van der Waals surface area contributed by atoms with Gasteiger partial charge in [0.1, 0.15) is 10.9 Å². The second-order valence-electron chi connectivity index (χ2n) is 6.66. The number of fused-ring (bicyclic) bond motifs is 1. The maximum Gasteiger partial charge on any atom is 0.323 e. The number of carbonyl (C=O) groups excluding carboxylic acids is 1. The van der Waals surface area contributed by atoms with Crippen molar-refractivity contribution in [1.29, 1.82) is 0 Å². The first-order valence-corrected chi connectivity index (χ1v) is 11.6. The van der Waals surface area contributed by atoms with Crippen LogP contribution in [0.2, 0.25) is 10.0 Å². The summed E-state index contributed by atoms with van der Waals surface area (Å²) >= 11 is 20.3. The van der Waals surface area contributed by atoms with E-state index < -0.39 is 12.5 Å². The second-order valence-corrected chi connectivity index (χ2v) is 10.2. The van der Waals surface area contributed by atoms with Gasteiger partial charge in [-0.15, -0.1) is 0 Å². The molecule has 1 N–H and O–H groups in total. The number of thioether (sulfide) groups is 2. The van der Waals surface area contributed by atoms with Crippen LogP contribution in [-0.2, 0) is 9.59 Å². The van der Waals surface area contributed by atoms with Gasteiger partial charge < -0.3 is 10.0 Å². The van der Waals surface area contributed by atoms with Crippen LogP contribution in [0.5, 0.6) is 0 Å². The Morgan fingerprint density at radius 3 is 2.48 bits per heavy atom. The van der Waals surface area contributed by atoms with Gasteiger partial charge in [0.05, 0.1) is 25.7 Å². The van der Waals surface area contributed by atoms with Gasteiger partial charge in [0.2, 0.25) is 0 Å². The number of carboxylic acid groups (broad SMARTS) is 1. The fourth-order valence-corrected chi connectivity index (χ4v) is 6.03. The van der Waals surface area contributed by atoms with E-state index >= 15 is 0 Å². The molecule has 1 saturated heterocycles. The van der Waals surface area contributed by atoms with Crippen LogP contribution in [0.15, 0.2) is 38.6 Å². The number of allylic oxidation sites excluding steroid dienone is 2. The van der Waals surface area contributed by atoms with E-state index in [1.807, 2.05) is 39.0 Å². The molecule has 1 aromatic rings. The average Bonchev–Trinajstić information content (AvgIpc) is 3.10. The minimum atomic E-state index is -1.10. The Bertz CT molecular complexity index is 976. The SMILES string of the molecule is CCN1/C(=C/C(=C2/SC(=S)N(CC(=O)O)C2=O)C(C)C)Sc2cc(Cl)c(Cl)cc21. The molecule has 0 atom stereocenters. The molecule has 0 aromatic heterocycles. The molecule has 2 heterocycles. The first kappa shape index (κ1) is 22.5. The van der Waals surface area contributed by atoms with Gasteiger partial charge in [-0.2, -0.15) is 0 Å².